The molecule has 0 spiro atoms. The highest BCUT2D eigenvalue weighted by atomic mass is 35.5. The normalized spacial score (nSPS) is 26.4. The van der Waals surface area contributed by atoms with Gasteiger partial charge in [0.1, 0.15) is 0 Å². The van der Waals surface area contributed by atoms with Crippen LogP contribution in [0.4, 0.5) is 0 Å². The molecule has 0 bridgehead atoms. The van der Waals surface area contributed by atoms with Crippen LogP contribution in [-0.4, -0.2) is 28.9 Å². The van der Waals surface area contributed by atoms with E-state index in [1.165, 1.54) is 27.9 Å². The van der Waals surface area contributed by atoms with Crippen LogP contribution in [0.3, 0.4) is 0 Å². The van der Waals surface area contributed by atoms with Crippen molar-refractivity contribution in [3.63, 3.8) is 0 Å². The number of aryl methyl sites for hydroxylation is 2. The van der Waals surface area contributed by atoms with Gasteiger partial charge in [-0.15, -0.1) is 0 Å². The van der Waals surface area contributed by atoms with Gasteiger partial charge in [0.2, 0.25) is 5.91 Å². The maximum absolute atomic E-state index is 11.9. The lowest BCUT2D eigenvalue weighted by molar-refractivity contribution is -0.131. The van der Waals surface area contributed by atoms with Crippen LogP contribution in [0.25, 0.3) is 0 Å². The molecule has 1 amide bonds. The molecule has 2 heterocycles. The van der Waals surface area contributed by atoms with Crippen LogP contribution in [0.2, 0.25) is 5.02 Å². The Labute approximate surface area is 159 Å². The molecule has 3 nitrogen and oxygen atoms in total. The molecule has 1 fully saturated rings. The maximum Gasteiger partial charge on any atom is 0.219 e. The zero-order valence-electron chi connectivity index (χ0n) is 15.0. The van der Waals surface area contributed by atoms with Gasteiger partial charge >= 0.3 is 0 Å². The minimum Gasteiger partial charge on any atom is -0.343 e. The molecule has 1 aromatic heterocycles. The second-order valence-electron chi connectivity index (χ2n) is 8.04. The van der Waals surface area contributed by atoms with Crippen molar-refractivity contribution in [3.8, 4) is 0 Å². The first kappa shape index (κ1) is 16.3. The lowest BCUT2D eigenvalue weighted by Crippen LogP contribution is -2.47. The number of amides is 1. The lowest BCUT2D eigenvalue weighted by Gasteiger charge is -2.46. The van der Waals surface area contributed by atoms with E-state index in [1.54, 1.807) is 6.92 Å². The van der Waals surface area contributed by atoms with E-state index < -0.39 is 0 Å². The second-order valence-corrected chi connectivity index (χ2v) is 8.48. The quantitative estimate of drug-likeness (QED) is 0.705. The Balaban J connectivity index is 1.68. The Morgan fingerprint density at radius 2 is 2.04 bits per heavy atom. The van der Waals surface area contributed by atoms with Crippen molar-refractivity contribution in [2.24, 2.45) is 11.8 Å². The zero-order valence-corrected chi connectivity index (χ0v) is 15.8. The number of carbonyl (C=O) groups excluding carboxylic acids is 1. The third-order valence-electron chi connectivity index (χ3n) is 6.66. The zero-order chi connectivity index (χ0) is 17.8. The molecule has 4 heteroatoms. The molecule has 26 heavy (non-hydrogen) atoms. The number of hydrogen-bond donors (Lipinski definition) is 0. The number of nitrogens with zero attached hydrogens (tertiary/aromatic N) is 2. The summed E-state index contributed by atoms with van der Waals surface area (Å²) in [5.41, 5.74) is 6.92. The molecule has 1 saturated heterocycles. The molecule has 2 aliphatic carbocycles. The van der Waals surface area contributed by atoms with Gasteiger partial charge in [0, 0.05) is 37.2 Å². The first-order chi connectivity index (χ1) is 12.6. The van der Waals surface area contributed by atoms with Gasteiger partial charge in [-0.2, -0.15) is 0 Å². The fourth-order valence-corrected chi connectivity index (χ4v) is 5.81. The number of piperidine rings is 1. The minimum absolute atomic E-state index is 0.195. The van der Waals surface area contributed by atoms with Gasteiger partial charge in [-0.05, 0) is 78.0 Å². The van der Waals surface area contributed by atoms with Gasteiger partial charge in [-0.1, -0.05) is 17.7 Å². The van der Waals surface area contributed by atoms with Crippen LogP contribution in [0, 0.1) is 11.8 Å². The first-order valence-electron chi connectivity index (χ1n) is 9.62. The van der Waals surface area contributed by atoms with Gasteiger partial charge in [-0.3, -0.25) is 9.78 Å². The van der Waals surface area contributed by atoms with Crippen LogP contribution in [0.1, 0.15) is 47.2 Å². The van der Waals surface area contributed by atoms with Crippen molar-refractivity contribution in [1.29, 1.82) is 0 Å². The smallest absolute Gasteiger partial charge is 0.219 e. The Kier molecular flexibility index (Phi) is 3.82. The highest BCUT2D eigenvalue weighted by Crippen LogP contribution is 2.50. The van der Waals surface area contributed by atoms with Crippen LogP contribution < -0.4 is 0 Å². The Hall–Kier alpha value is -1.87. The van der Waals surface area contributed by atoms with E-state index in [2.05, 4.69) is 24.3 Å². The Morgan fingerprint density at radius 3 is 2.88 bits per heavy atom. The summed E-state index contributed by atoms with van der Waals surface area (Å²) in [4.78, 5) is 18.8. The maximum atomic E-state index is 11.9. The van der Waals surface area contributed by atoms with Gasteiger partial charge in [0.25, 0.3) is 0 Å². The molecular weight excluding hydrogens is 344 g/mol. The highest BCUT2D eigenvalue weighted by Gasteiger charge is 2.44. The number of likely N-dealkylation sites (tertiary alicyclic amines) is 1. The monoisotopic (exact) mass is 366 g/mol. The van der Waals surface area contributed by atoms with Gasteiger partial charge < -0.3 is 4.90 Å². The van der Waals surface area contributed by atoms with Crippen LogP contribution >= 0.6 is 11.6 Å². The number of carbonyl (C=O) groups is 1. The summed E-state index contributed by atoms with van der Waals surface area (Å²) in [6.07, 6.45) is 6.09. The number of benzene rings is 1. The molecule has 2 unspecified atom stereocenters. The fourth-order valence-electron chi connectivity index (χ4n) is 5.55. The molecule has 134 valence electrons. The second kappa shape index (κ2) is 6.09. The van der Waals surface area contributed by atoms with Gasteiger partial charge in [0.05, 0.1) is 5.69 Å². The summed E-state index contributed by atoms with van der Waals surface area (Å²) in [7, 11) is 0. The predicted molar refractivity (Wildman–Crippen MR) is 102 cm³/mol. The average molecular weight is 367 g/mol. The topological polar surface area (TPSA) is 33.2 Å². The fraction of sp³-hybridized carbons (Fsp3) is 0.455. The first-order valence-corrected chi connectivity index (χ1v) is 10.00. The van der Waals surface area contributed by atoms with Crippen LogP contribution in [0.5, 0.6) is 0 Å². The SMILES string of the molecule is CC(=O)N1CCC2C(Cc3cc(Cl)cc4c3[C@@H]2c2ncccc2CC4)C1. The van der Waals surface area contributed by atoms with Crippen molar-refractivity contribution in [2.45, 2.75) is 38.5 Å². The van der Waals surface area contributed by atoms with Crippen LogP contribution in [0.15, 0.2) is 30.5 Å². The number of aromatic nitrogens is 1. The lowest BCUT2D eigenvalue weighted by atomic mass is 9.64. The number of halogens is 1. The van der Waals surface area contributed by atoms with Crippen LogP contribution in [-0.2, 0) is 24.1 Å². The van der Waals surface area contributed by atoms with E-state index >= 15 is 0 Å². The summed E-state index contributed by atoms with van der Waals surface area (Å²) >= 11 is 6.47. The van der Waals surface area contributed by atoms with Crippen molar-refractivity contribution in [3.05, 3.63) is 63.4 Å². The molecular formula is C22H23ClN2O. The summed E-state index contributed by atoms with van der Waals surface area (Å²) < 4.78 is 0. The van der Waals surface area contributed by atoms with Crippen molar-refractivity contribution < 1.29 is 4.79 Å². The van der Waals surface area contributed by atoms with Crippen molar-refractivity contribution >= 4 is 17.5 Å². The van der Waals surface area contributed by atoms with Gasteiger partial charge in [-0.25, -0.2) is 0 Å². The number of fused-ring (bicyclic) bond motifs is 4. The third-order valence-corrected chi connectivity index (χ3v) is 6.88. The highest BCUT2D eigenvalue weighted by molar-refractivity contribution is 6.30. The molecule has 0 saturated carbocycles. The number of rotatable bonds is 0. The number of pyridine rings is 1. The molecule has 5 rings (SSSR count). The van der Waals surface area contributed by atoms with E-state index in [9.17, 15) is 4.79 Å². The summed E-state index contributed by atoms with van der Waals surface area (Å²) in [5.74, 6) is 1.60. The van der Waals surface area contributed by atoms with E-state index in [1.807, 2.05) is 11.1 Å². The molecule has 3 atom stereocenters. The van der Waals surface area contributed by atoms with E-state index in [0.29, 0.717) is 17.8 Å². The number of hydrogen-bond acceptors (Lipinski definition) is 2. The minimum atomic E-state index is 0.195. The Morgan fingerprint density at radius 1 is 1.23 bits per heavy atom. The predicted octanol–water partition coefficient (Wildman–Crippen LogP) is 4.01. The Bertz CT molecular complexity index is 894. The average Bonchev–Trinajstić information content (AvgIpc) is 2.79. The molecule has 3 aliphatic rings. The summed E-state index contributed by atoms with van der Waals surface area (Å²) in [6, 6.07) is 8.62. The van der Waals surface area contributed by atoms with E-state index in [0.717, 1.165) is 43.8 Å². The molecule has 2 aromatic rings. The summed E-state index contributed by atoms with van der Waals surface area (Å²) in [5, 5.41) is 0.842. The summed E-state index contributed by atoms with van der Waals surface area (Å²) in [6.45, 7) is 3.42. The standard InChI is InChI=1S/C22H23ClN2O/c1-13(26)25-8-6-19-17(12-25)9-16-11-18(23)10-15-5-4-14-3-2-7-24-22(14)21(19)20(15)16/h2-3,7,10-11,17,19,21H,4-6,8-9,12H2,1H3/t17?,19?,21-/m1/s1. The molecule has 1 aliphatic heterocycles. The van der Waals surface area contributed by atoms with E-state index in [4.69, 9.17) is 16.6 Å². The molecule has 0 radical (unpaired) electrons. The van der Waals surface area contributed by atoms with E-state index in [-0.39, 0.29) is 5.91 Å². The largest absolute Gasteiger partial charge is 0.343 e. The van der Waals surface area contributed by atoms with Gasteiger partial charge in [0.15, 0.2) is 0 Å². The van der Waals surface area contributed by atoms with Crippen molar-refractivity contribution in [1.82, 2.24) is 9.88 Å². The molecule has 0 N–H and O–H groups in total. The van der Waals surface area contributed by atoms with Crippen molar-refractivity contribution in [2.75, 3.05) is 13.1 Å². The molecule has 1 aromatic carbocycles. The third kappa shape index (κ3) is 2.48.